The van der Waals surface area contributed by atoms with Gasteiger partial charge in [0.25, 0.3) is 5.56 Å². The molecule has 3 heterocycles. The summed E-state index contributed by atoms with van der Waals surface area (Å²) in [5.41, 5.74) is 5.63. The Morgan fingerprint density at radius 3 is 2.33 bits per heavy atom. The van der Waals surface area contributed by atoms with Crippen LogP contribution in [0.1, 0.15) is 52.9 Å². The molecule has 0 unspecified atom stereocenters. The van der Waals surface area contributed by atoms with Crippen molar-refractivity contribution in [1.29, 1.82) is 0 Å². The monoisotopic (exact) mass is 421 g/mol. The number of morpholine rings is 1. The Hall–Kier alpha value is -2.29. The Morgan fingerprint density at radius 1 is 1.10 bits per heavy atom. The molecule has 0 radical (unpaired) electrons. The van der Waals surface area contributed by atoms with Gasteiger partial charge in [-0.1, -0.05) is 13.3 Å². The molecule has 0 aromatic carbocycles. The van der Waals surface area contributed by atoms with Gasteiger partial charge in [-0.2, -0.15) is 0 Å². The second-order valence-electron chi connectivity index (χ2n) is 8.44. The van der Waals surface area contributed by atoms with Crippen LogP contribution in [0.5, 0.6) is 0 Å². The van der Waals surface area contributed by atoms with Crippen molar-refractivity contribution in [1.82, 2.24) is 14.0 Å². The number of carbonyl (C=O) groups is 1. The largest absolute Gasteiger partial charge is 0.383 e. The lowest BCUT2D eigenvalue weighted by Gasteiger charge is -2.39. The van der Waals surface area contributed by atoms with Gasteiger partial charge in [-0.05, 0) is 39.5 Å². The molecule has 168 valence electrons. The molecule has 30 heavy (non-hydrogen) atoms. The Kier molecular flexibility index (Phi) is 7.23. The van der Waals surface area contributed by atoms with E-state index in [1.165, 1.54) is 4.57 Å². The fourth-order valence-corrected chi connectivity index (χ4v) is 4.59. The van der Waals surface area contributed by atoms with Gasteiger partial charge in [-0.15, -0.1) is 0 Å². The summed E-state index contributed by atoms with van der Waals surface area (Å²) in [5.74, 6) is -0.00241. The van der Waals surface area contributed by atoms with Gasteiger partial charge in [0.05, 0.1) is 13.2 Å². The van der Waals surface area contributed by atoms with Crippen molar-refractivity contribution >= 4 is 17.4 Å². The van der Waals surface area contributed by atoms with Crippen LogP contribution in [0.4, 0.5) is 11.5 Å². The molecule has 2 atom stereocenters. The third-order valence-corrected chi connectivity index (χ3v) is 6.28. The molecule has 1 aromatic heterocycles. The number of piperidine rings is 1. The van der Waals surface area contributed by atoms with E-state index in [1.807, 2.05) is 30.6 Å². The lowest BCUT2D eigenvalue weighted by Crippen LogP contribution is -2.52. The molecule has 3 rings (SSSR count). The van der Waals surface area contributed by atoms with Crippen molar-refractivity contribution in [3.05, 3.63) is 20.8 Å². The number of unbranched alkanes of at least 4 members (excludes halogenated alkanes) is 1. The van der Waals surface area contributed by atoms with Gasteiger partial charge in [0, 0.05) is 31.7 Å². The maximum atomic E-state index is 13.3. The summed E-state index contributed by atoms with van der Waals surface area (Å²) in [7, 11) is 0. The van der Waals surface area contributed by atoms with Crippen LogP contribution >= 0.6 is 0 Å². The molecule has 0 aliphatic carbocycles. The van der Waals surface area contributed by atoms with E-state index in [9.17, 15) is 14.4 Å². The number of amides is 1. The molecule has 0 saturated carbocycles. The quantitative estimate of drug-likeness (QED) is 0.736. The second kappa shape index (κ2) is 9.68. The molecule has 0 bridgehead atoms. The number of hydrogen-bond donors (Lipinski definition) is 1. The van der Waals surface area contributed by atoms with E-state index in [-0.39, 0.29) is 30.4 Å². The molecule has 2 N–H and O–H groups in total. The Labute approximate surface area is 177 Å². The van der Waals surface area contributed by atoms with Crippen LogP contribution in [-0.4, -0.2) is 58.3 Å². The molecular weight excluding hydrogens is 386 g/mol. The van der Waals surface area contributed by atoms with Gasteiger partial charge in [-0.3, -0.25) is 14.2 Å². The normalized spacial score (nSPS) is 22.4. The molecule has 2 fully saturated rings. The van der Waals surface area contributed by atoms with Crippen LogP contribution in [0.2, 0.25) is 0 Å². The van der Waals surface area contributed by atoms with Crippen LogP contribution in [-0.2, 0) is 22.6 Å². The van der Waals surface area contributed by atoms with Gasteiger partial charge >= 0.3 is 5.69 Å². The summed E-state index contributed by atoms with van der Waals surface area (Å²) in [6, 6.07) is 0.207. The highest BCUT2D eigenvalue weighted by Crippen LogP contribution is 2.23. The van der Waals surface area contributed by atoms with Crippen molar-refractivity contribution in [3.63, 3.8) is 0 Å². The minimum absolute atomic E-state index is 0.103. The first-order chi connectivity index (χ1) is 14.4. The van der Waals surface area contributed by atoms with Crippen molar-refractivity contribution in [2.24, 2.45) is 0 Å². The Balaban J connectivity index is 2.02. The predicted octanol–water partition coefficient (Wildman–Crippen LogP) is 1.02. The first kappa shape index (κ1) is 22.4. The average molecular weight is 422 g/mol. The highest BCUT2D eigenvalue weighted by Gasteiger charge is 2.31. The number of anilines is 2. The fraction of sp³-hybridized carbons (Fsp3) is 0.762. The zero-order chi connectivity index (χ0) is 21.8. The van der Waals surface area contributed by atoms with Crippen molar-refractivity contribution in [2.75, 3.05) is 36.9 Å². The first-order valence-electron chi connectivity index (χ1n) is 11.1. The number of rotatable bonds is 6. The van der Waals surface area contributed by atoms with E-state index in [0.717, 1.165) is 36.7 Å². The fourth-order valence-electron chi connectivity index (χ4n) is 4.59. The molecule has 2 aliphatic rings. The predicted molar refractivity (Wildman–Crippen MR) is 117 cm³/mol. The number of hydrogen-bond acceptors (Lipinski definition) is 6. The number of nitrogen functional groups attached to an aromatic ring is 1. The Bertz CT molecular complexity index is 861. The van der Waals surface area contributed by atoms with E-state index in [1.54, 1.807) is 0 Å². The Morgan fingerprint density at radius 2 is 1.73 bits per heavy atom. The highest BCUT2D eigenvalue weighted by atomic mass is 16.5. The lowest BCUT2D eigenvalue weighted by molar-refractivity contribution is -0.138. The highest BCUT2D eigenvalue weighted by molar-refractivity contribution is 5.77. The van der Waals surface area contributed by atoms with E-state index >= 15 is 0 Å². The molecule has 9 heteroatoms. The van der Waals surface area contributed by atoms with E-state index < -0.39 is 11.2 Å². The molecule has 2 aliphatic heterocycles. The standard InChI is InChI=1S/C21H35N5O4/c1-4-5-9-24-19(22)18(23-10-12-30-13-11-23)20(28)25(21(24)29)14-17(27)26-15(2)7-6-8-16(26)3/h15-16H,4-14,22H2,1-3H3/t15-,16+. The average Bonchev–Trinajstić information content (AvgIpc) is 2.72. The summed E-state index contributed by atoms with van der Waals surface area (Å²) in [6.07, 6.45) is 4.61. The molecule has 2 saturated heterocycles. The molecule has 1 aromatic rings. The minimum Gasteiger partial charge on any atom is -0.383 e. The smallest absolute Gasteiger partial charge is 0.333 e. The van der Waals surface area contributed by atoms with Gasteiger partial charge in [0.15, 0.2) is 0 Å². The van der Waals surface area contributed by atoms with E-state index in [2.05, 4.69) is 0 Å². The summed E-state index contributed by atoms with van der Waals surface area (Å²) in [4.78, 5) is 43.3. The summed E-state index contributed by atoms with van der Waals surface area (Å²) in [6.45, 7) is 8.29. The number of nitrogens with zero attached hydrogens (tertiary/aromatic N) is 4. The van der Waals surface area contributed by atoms with Crippen LogP contribution in [0.25, 0.3) is 0 Å². The third-order valence-electron chi connectivity index (χ3n) is 6.28. The summed E-state index contributed by atoms with van der Waals surface area (Å²) in [5, 5.41) is 0. The number of nitrogens with two attached hydrogens (primary N) is 1. The van der Waals surface area contributed by atoms with Crippen LogP contribution < -0.4 is 21.9 Å². The molecule has 9 nitrogen and oxygen atoms in total. The van der Waals surface area contributed by atoms with Crippen LogP contribution in [0.15, 0.2) is 9.59 Å². The number of ether oxygens (including phenoxy) is 1. The minimum atomic E-state index is -0.506. The van der Waals surface area contributed by atoms with Gasteiger partial charge < -0.3 is 20.3 Å². The van der Waals surface area contributed by atoms with E-state index in [0.29, 0.717) is 38.5 Å². The van der Waals surface area contributed by atoms with Crippen molar-refractivity contribution < 1.29 is 9.53 Å². The summed E-state index contributed by atoms with van der Waals surface area (Å²) < 4.78 is 7.92. The number of likely N-dealkylation sites (tertiary alicyclic amines) is 1. The molecular formula is C21H35N5O4. The van der Waals surface area contributed by atoms with Gasteiger partial charge in [0.1, 0.15) is 18.1 Å². The van der Waals surface area contributed by atoms with Gasteiger partial charge in [0.2, 0.25) is 5.91 Å². The van der Waals surface area contributed by atoms with Gasteiger partial charge in [-0.25, -0.2) is 9.36 Å². The van der Waals surface area contributed by atoms with E-state index in [4.69, 9.17) is 10.5 Å². The topological polar surface area (TPSA) is 103 Å². The molecule has 1 amide bonds. The first-order valence-corrected chi connectivity index (χ1v) is 11.1. The number of carbonyl (C=O) groups excluding carboxylic acids is 1. The lowest BCUT2D eigenvalue weighted by atomic mass is 9.97. The zero-order valence-electron chi connectivity index (χ0n) is 18.4. The third kappa shape index (κ3) is 4.40. The van der Waals surface area contributed by atoms with Crippen molar-refractivity contribution in [2.45, 2.75) is 78.0 Å². The number of aromatic nitrogens is 2. The van der Waals surface area contributed by atoms with Crippen LogP contribution in [0, 0.1) is 0 Å². The summed E-state index contributed by atoms with van der Waals surface area (Å²) >= 11 is 0. The SMILES string of the molecule is CCCCn1c(N)c(N2CCOCC2)c(=O)n(CC(=O)N2[C@H](C)CCC[C@@H]2C)c1=O. The van der Waals surface area contributed by atoms with Crippen molar-refractivity contribution in [3.8, 4) is 0 Å². The zero-order valence-corrected chi connectivity index (χ0v) is 18.4. The maximum Gasteiger partial charge on any atom is 0.333 e. The maximum absolute atomic E-state index is 13.3. The molecule has 0 spiro atoms. The van der Waals surface area contributed by atoms with Crippen LogP contribution in [0.3, 0.4) is 0 Å². The second-order valence-corrected chi connectivity index (χ2v) is 8.44.